The lowest BCUT2D eigenvalue weighted by atomic mass is 9.86. The average molecular weight is 411 g/mol. The summed E-state index contributed by atoms with van der Waals surface area (Å²) in [5.41, 5.74) is 2.43. The lowest BCUT2D eigenvalue weighted by Crippen LogP contribution is -2.50. The smallest absolute Gasteiger partial charge is 0.257 e. The Kier molecular flexibility index (Phi) is 6.34. The van der Waals surface area contributed by atoms with Crippen molar-refractivity contribution in [2.75, 3.05) is 40.4 Å². The van der Waals surface area contributed by atoms with Crippen LogP contribution in [-0.4, -0.2) is 62.0 Å². The topological polar surface area (TPSA) is 59.1 Å². The zero-order valence-electron chi connectivity index (χ0n) is 18.4. The molecule has 2 aromatic carbocycles. The predicted octanol–water partition coefficient (Wildman–Crippen LogP) is 3.60. The van der Waals surface area contributed by atoms with Crippen molar-refractivity contribution in [3.05, 3.63) is 59.2 Å². The minimum Gasteiger partial charge on any atom is -0.497 e. The molecule has 30 heavy (non-hydrogen) atoms. The van der Waals surface area contributed by atoms with E-state index in [0.29, 0.717) is 48.8 Å². The molecule has 1 aliphatic heterocycles. The Balaban J connectivity index is 1.64. The summed E-state index contributed by atoms with van der Waals surface area (Å²) in [4.78, 5) is 29.4. The van der Waals surface area contributed by atoms with Crippen LogP contribution in [0.4, 0.5) is 0 Å². The van der Waals surface area contributed by atoms with Gasteiger partial charge in [-0.1, -0.05) is 32.9 Å². The Labute approximate surface area is 178 Å². The fourth-order valence-corrected chi connectivity index (χ4v) is 3.55. The quantitative estimate of drug-likeness (QED) is 0.773. The van der Waals surface area contributed by atoms with Crippen LogP contribution in [0, 0.1) is 0 Å². The maximum Gasteiger partial charge on any atom is 0.257 e. The van der Waals surface area contributed by atoms with Crippen LogP contribution < -0.4 is 9.47 Å². The van der Waals surface area contributed by atoms with Crippen LogP contribution in [0.1, 0.15) is 47.1 Å². The molecule has 1 aliphatic rings. The van der Waals surface area contributed by atoms with E-state index in [1.54, 1.807) is 35.1 Å². The van der Waals surface area contributed by atoms with Crippen LogP contribution in [0.25, 0.3) is 0 Å². The fraction of sp³-hybridized carbons (Fsp3) is 0.417. The number of carbonyl (C=O) groups is 2. The zero-order chi connectivity index (χ0) is 21.9. The molecule has 0 aliphatic carbocycles. The number of benzene rings is 2. The first-order valence-electron chi connectivity index (χ1n) is 10.2. The summed E-state index contributed by atoms with van der Waals surface area (Å²) in [6.45, 7) is 8.43. The Morgan fingerprint density at radius 2 is 1.37 bits per heavy atom. The Morgan fingerprint density at radius 3 is 1.87 bits per heavy atom. The molecule has 1 fully saturated rings. The van der Waals surface area contributed by atoms with E-state index < -0.39 is 0 Å². The third-order valence-corrected chi connectivity index (χ3v) is 5.49. The van der Waals surface area contributed by atoms with Crippen molar-refractivity contribution in [1.82, 2.24) is 9.80 Å². The maximum absolute atomic E-state index is 13.0. The monoisotopic (exact) mass is 410 g/mol. The molecular weight excluding hydrogens is 380 g/mol. The summed E-state index contributed by atoms with van der Waals surface area (Å²) in [7, 11) is 3.11. The minimum absolute atomic E-state index is 0.00425. The summed E-state index contributed by atoms with van der Waals surface area (Å²) < 4.78 is 10.6. The van der Waals surface area contributed by atoms with E-state index in [1.807, 2.05) is 24.3 Å². The maximum atomic E-state index is 13.0. The van der Waals surface area contributed by atoms with Gasteiger partial charge >= 0.3 is 0 Å². The number of nitrogens with zero attached hydrogens (tertiary/aromatic N) is 2. The van der Waals surface area contributed by atoms with Crippen molar-refractivity contribution in [1.29, 1.82) is 0 Å². The molecule has 0 unspecified atom stereocenters. The molecule has 2 amide bonds. The second-order valence-corrected chi connectivity index (χ2v) is 8.48. The van der Waals surface area contributed by atoms with E-state index in [9.17, 15) is 9.59 Å². The average Bonchev–Trinajstić information content (AvgIpc) is 2.77. The van der Waals surface area contributed by atoms with Crippen molar-refractivity contribution >= 4 is 11.8 Å². The fourth-order valence-electron chi connectivity index (χ4n) is 3.55. The molecular formula is C24H30N2O4. The first-order chi connectivity index (χ1) is 14.2. The van der Waals surface area contributed by atoms with E-state index >= 15 is 0 Å². The molecule has 0 radical (unpaired) electrons. The van der Waals surface area contributed by atoms with Gasteiger partial charge in [0.25, 0.3) is 11.8 Å². The molecule has 6 nitrogen and oxygen atoms in total. The molecule has 0 atom stereocenters. The zero-order valence-corrected chi connectivity index (χ0v) is 18.4. The normalized spacial score (nSPS) is 14.4. The number of amides is 2. The molecule has 160 valence electrons. The summed E-state index contributed by atoms with van der Waals surface area (Å²) in [5, 5.41) is 0. The SMILES string of the molecule is COc1ccc(C(=O)N2CCN(C(=O)c3ccc(C(C)(C)C)cc3)CC2)c(OC)c1. The molecule has 0 bridgehead atoms. The van der Waals surface area contributed by atoms with Crippen molar-refractivity contribution in [2.24, 2.45) is 0 Å². The van der Waals surface area contributed by atoms with Gasteiger partial charge < -0.3 is 19.3 Å². The van der Waals surface area contributed by atoms with Crippen LogP contribution >= 0.6 is 0 Å². The second kappa shape index (κ2) is 8.78. The summed E-state index contributed by atoms with van der Waals surface area (Å²) in [6.07, 6.45) is 0. The van der Waals surface area contributed by atoms with Crippen molar-refractivity contribution in [3.8, 4) is 11.5 Å². The summed E-state index contributed by atoms with van der Waals surface area (Å²) >= 11 is 0. The highest BCUT2D eigenvalue weighted by molar-refractivity contribution is 5.98. The van der Waals surface area contributed by atoms with E-state index in [2.05, 4.69) is 20.8 Å². The van der Waals surface area contributed by atoms with Gasteiger partial charge in [0.1, 0.15) is 11.5 Å². The Morgan fingerprint density at radius 1 is 0.800 bits per heavy atom. The van der Waals surface area contributed by atoms with Gasteiger partial charge in [-0.2, -0.15) is 0 Å². The largest absolute Gasteiger partial charge is 0.497 e. The van der Waals surface area contributed by atoms with Crippen LogP contribution in [0.5, 0.6) is 11.5 Å². The molecule has 0 N–H and O–H groups in total. The van der Waals surface area contributed by atoms with Crippen LogP contribution in [0.15, 0.2) is 42.5 Å². The van der Waals surface area contributed by atoms with Gasteiger partial charge in [-0.25, -0.2) is 0 Å². The minimum atomic E-state index is -0.101. The van der Waals surface area contributed by atoms with Crippen molar-refractivity contribution in [3.63, 3.8) is 0 Å². The van der Waals surface area contributed by atoms with Crippen LogP contribution in [-0.2, 0) is 5.41 Å². The molecule has 0 aromatic heterocycles. The molecule has 0 saturated carbocycles. The first-order valence-corrected chi connectivity index (χ1v) is 10.2. The predicted molar refractivity (Wildman–Crippen MR) is 116 cm³/mol. The number of hydrogen-bond donors (Lipinski definition) is 0. The Hall–Kier alpha value is -3.02. The number of hydrogen-bond acceptors (Lipinski definition) is 4. The van der Waals surface area contributed by atoms with Gasteiger partial charge in [0, 0.05) is 37.8 Å². The van der Waals surface area contributed by atoms with Gasteiger partial charge in [0.05, 0.1) is 19.8 Å². The van der Waals surface area contributed by atoms with E-state index in [1.165, 1.54) is 12.7 Å². The Bertz CT molecular complexity index is 908. The molecule has 1 heterocycles. The van der Waals surface area contributed by atoms with E-state index in [0.717, 1.165) is 0 Å². The first kappa shape index (κ1) is 21.7. The standard InChI is InChI=1S/C24H30N2O4/c1-24(2,3)18-8-6-17(7-9-18)22(27)25-12-14-26(15-13-25)23(28)20-11-10-19(29-4)16-21(20)30-5/h6-11,16H,12-15H2,1-5H3. The summed E-state index contributed by atoms with van der Waals surface area (Å²) in [5.74, 6) is 1.02. The van der Waals surface area contributed by atoms with Crippen molar-refractivity contribution < 1.29 is 19.1 Å². The number of carbonyl (C=O) groups excluding carboxylic acids is 2. The molecule has 2 aromatic rings. The molecule has 3 rings (SSSR count). The highest BCUT2D eigenvalue weighted by Crippen LogP contribution is 2.26. The third-order valence-electron chi connectivity index (χ3n) is 5.49. The van der Waals surface area contributed by atoms with Gasteiger partial charge in [-0.05, 0) is 35.2 Å². The van der Waals surface area contributed by atoms with Gasteiger partial charge in [-0.3, -0.25) is 9.59 Å². The summed E-state index contributed by atoms with van der Waals surface area (Å²) in [6, 6.07) is 13.0. The van der Waals surface area contributed by atoms with Crippen molar-refractivity contribution in [2.45, 2.75) is 26.2 Å². The lowest BCUT2D eigenvalue weighted by molar-refractivity contribution is 0.0533. The van der Waals surface area contributed by atoms with Gasteiger partial charge in [0.2, 0.25) is 0 Å². The second-order valence-electron chi connectivity index (χ2n) is 8.48. The van der Waals surface area contributed by atoms with Gasteiger partial charge in [-0.15, -0.1) is 0 Å². The van der Waals surface area contributed by atoms with Crippen LogP contribution in [0.3, 0.4) is 0 Å². The third kappa shape index (κ3) is 4.58. The highest BCUT2D eigenvalue weighted by Gasteiger charge is 2.27. The number of rotatable bonds is 4. The number of methoxy groups -OCH3 is 2. The van der Waals surface area contributed by atoms with Gasteiger partial charge in [0.15, 0.2) is 0 Å². The molecule has 6 heteroatoms. The van der Waals surface area contributed by atoms with E-state index in [4.69, 9.17) is 9.47 Å². The number of piperazine rings is 1. The van der Waals surface area contributed by atoms with Crippen LogP contribution in [0.2, 0.25) is 0 Å². The molecule has 1 saturated heterocycles. The highest BCUT2D eigenvalue weighted by atomic mass is 16.5. The number of ether oxygens (including phenoxy) is 2. The molecule has 0 spiro atoms. The lowest BCUT2D eigenvalue weighted by Gasteiger charge is -2.35. The van der Waals surface area contributed by atoms with E-state index in [-0.39, 0.29) is 17.2 Å².